The molecule has 1 amide bonds. The zero-order valence-electron chi connectivity index (χ0n) is 15.4. The number of hydrogen-bond acceptors (Lipinski definition) is 3. The van der Waals surface area contributed by atoms with Gasteiger partial charge in [0.1, 0.15) is 5.75 Å². The third-order valence-corrected chi connectivity index (χ3v) is 4.68. The first kappa shape index (κ1) is 17.8. The Morgan fingerprint density at radius 1 is 0.964 bits per heavy atom. The maximum atomic E-state index is 11.8. The quantitative estimate of drug-likeness (QED) is 0.537. The molecule has 140 valence electrons. The van der Waals surface area contributed by atoms with Gasteiger partial charge in [-0.2, -0.15) is 5.10 Å². The topological polar surface area (TPSA) is 70.1 Å². The number of nitrogens with zero attached hydrogens (tertiary/aromatic N) is 2. The predicted molar refractivity (Wildman–Crippen MR) is 109 cm³/mol. The minimum Gasteiger partial charge on any atom is -0.492 e. The molecule has 1 aromatic heterocycles. The summed E-state index contributed by atoms with van der Waals surface area (Å²) in [6, 6.07) is 22.0. The Morgan fingerprint density at radius 3 is 2.57 bits per heavy atom. The molecule has 0 radical (unpaired) electrons. The highest BCUT2D eigenvalue weighted by Gasteiger charge is 2.11. The van der Waals surface area contributed by atoms with E-state index in [1.54, 1.807) is 12.3 Å². The fourth-order valence-corrected chi connectivity index (χ4v) is 3.24. The summed E-state index contributed by atoms with van der Waals surface area (Å²) in [5.41, 5.74) is 8.08. The van der Waals surface area contributed by atoms with Crippen LogP contribution in [0.4, 0.5) is 0 Å². The average Bonchev–Trinajstić information content (AvgIpc) is 3.21. The summed E-state index contributed by atoms with van der Waals surface area (Å²) in [6.07, 6.45) is 4.37. The first-order valence-corrected chi connectivity index (χ1v) is 9.20. The number of amides is 1. The number of nitrogens with two attached hydrogens (primary N) is 1. The van der Waals surface area contributed by atoms with E-state index in [1.165, 1.54) is 16.3 Å². The van der Waals surface area contributed by atoms with Gasteiger partial charge >= 0.3 is 0 Å². The van der Waals surface area contributed by atoms with Crippen LogP contribution < -0.4 is 10.5 Å². The van der Waals surface area contributed by atoms with Crippen LogP contribution in [-0.4, -0.2) is 22.3 Å². The van der Waals surface area contributed by atoms with Crippen LogP contribution in [0.5, 0.6) is 5.75 Å². The highest BCUT2D eigenvalue weighted by molar-refractivity contribution is 5.95. The van der Waals surface area contributed by atoms with Crippen molar-refractivity contribution in [3.63, 3.8) is 0 Å². The van der Waals surface area contributed by atoms with E-state index >= 15 is 0 Å². The number of primary amides is 1. The highest BCUT2D eigenvalue weighted by atomic mass is 16.5. The van der Waals surface area contributed by atoms with E-state index in [-0.39, 0.29) is 0 Å². The highest BCUT2D eigenvalue weighted by Crippen LogP contribution is 2.22. The Balaban J connectivity index is 1.48. The van der Waals surface area contributed by atoms with E-state index in [0.717, 1.165) is 12.0 Å². The lowest BCUT2D eigenvalue weighted by molar-refractivity contribution is 0.0996. The van der Waals surface area contributed by atoms with Gasteiger partial charge in [-0.1, -0.05) is 48.5 Å². The average molecular weight is 371 g/mol. The minimum atomic E-state index is -0.494. The second-order valence-corrected chi connectivity index (χ2v) is 6.68. The van der Waals surface area contributed by atoms with Crippen molar-refractivity contribution >= 4 is 16.7 Å². The molecule has 5 nitrogen and oxygen atoms in total. The van der Waals surface area contributed by atoms with Crippen molar-refractivity contribution in [3.05, 3.63) is 95.8 Å². The summed E-state index contributed by atoms with van der Waals surface area (Å²) in [5, 5.41) is 6.63. The zero-order valence-corrected chi connectivity index (χ0v) is 15.4. The molecule has 0 unspecified atom stereocenters. The number of ether oxygens (including phenoxy) is 1. The molecule has 0 aliphatic rings. The standard InChI is InChI=1S/C23H21N3O2/c24-23(27)21-9-7-18(16-26-12-3-11-25-26)15-22(21)28-13-10-17-6-8-19-4-1-2-5-20(19)14-17/h1-9,11-12,14-15H,10,13,16H2,(H2,24,27). The number of carbonyl (C=O) groups excluding carboxylic acids is 1. The smallest absolute Gasteiger partial charge is 0.252 e. The Morgan fingerprint density at radius 2 is 1.79 bits per heavy atom. The Labute approximate surface area is 163 Å². The van der Waals surface area contributed by atoms with Crippen molar-refractivity contribution in [2.24, 2.45) is 5.73 Å². The first-order chi connectivity index (χ1) is 13.7. The summed E-state index contributed by atoms with van der Waals surface area (Å²) in [4.78, 5) is 11.8. The molecule has 0 spiro atoms. The third kappa shape index (κ3) is 4.04. The van der Waals surface area contributed by atoms with E-state index in [9.17, 15) is 4.79 Å². The lowest BCUT2D eigenvalue weighted by Gasteiger charge is -2.12. The molecule has 28 heavy (non-hydrogen) atoms. The number of carbonyl (C=O) groups is 1. The number of aromatic nitrogens is 2. The summed E-state index contributed by atoms with van der Waals surface area (Å²) < 4.78 is 7.76. The summed E-state index contributed by atoms with van der Waals surface area (Å²) in [7, 11) is 0. The van der Waals surface area contributed by atoms with Crippen molar-refractivity contribution in [1.82, 2.24) is 9.78 Å². The van der Waals surface area contributed by atoms with E-state index in [0.29, 0.717) is 24.5 Å². The van der Waals surface area contributed by atoms with Crippen LogP contribution in [0.2, 0.25) is 0 Å². The van der Waals surface area contributed by atoms with E-state index in [1.807, 2.05) is 41.2 Å². The van der Waals surface area contributed by atoms with Crippen molar-refractivity contribution in [2.75, 3.05) is 6.61 Å². The van der Waals surface area contributed by atoms with Crippen molar-refractivity contribution < 1.29 is 9.53 Å². The molecular formula is C23H21N3O2. The van der Waals surface area contributed by atoms with Gasteiger partial charge in [0.2, 0.25) is 0 Å². The molecule has 2 N–H and O–H groups in total. The predicted octanol–water partition coefficient (Wildman–Crippen LogP) is 3.81. The normalized spacial score (nSPS) is 10.9. The van der Waals surface area contributed by atoms with E-state index in [4.69, 9.17) is 10.5 Å². The van der Waals surface area contributed by atoms with Gasteiger partial charge in [-0.15, -0.1) is 0 Å². The van der Waals surface area contributed by atoms with Crippen molar-refractivity contribution in [3.8, 4) is 5.75 Å². The molecule has 0 saturated carbocycles. The van der Waals surface area contributed by atoms with Crippen LogP contribution in [0.1, 0.15) is 21.5 Å². The molecule has 5 heteroatoms. The largest absolute Gasteiger partial charge is 0.492 e. The number of benzene rings is 3. The number of rotatable bonds is 7. The molecular weight excluding hydrogens is 350 g/mol. The van der Waals surface area contributed by atoms with Crippen LogP contribution >= 0.6 is 0 Å². The van der Waals surface area contributed by atoms with Crippen LogP contribution in [0.3, 0.4) is 0 Å². The Bertz CT molecular complexity index is 1100. The number of fused-ring (bicyclic) bond motifs is 1. The van der Waals surface area contributed by atoms with Crippen LogP contribution in [0.15, 0.2) is 79.1 Å². The molecule has 1 heterocycles. The lowest BCUT2D eigenvalue weighted by atomic mass is 10.1. The van der Waals surface area contributed by atoms with Gasteiger partial charge in [0.25, 0.3) is 5.91 Å². The lowest BCUT2D eigenvalue weighted by Crippen LogP contribution is -2.14. The van der Waals surface area contributed by atoms with Gasteiger partial charge < -0.3 is 10.5 Å². The van der Waals surface area contributed by atoms with Crippen LogP contribution in [0.25, 0.3) is 10.8 Å². The molecule has 4 rings (SSSR count). The zero-order chi connectivity index (χ0) is 19.3. The summed E-state index contributed by atoms with van der Waals surface area (Å²) in [6.45, 7) is 1.07. The maximum absolute atomic E-state index is 11.8. The molecule has 0 atom stereocenters. The summed E-state index contributed by atoms with van der Waals surface area (Å²) in [5.74, 6) is 0.0179. The fraction of sp³-hybridized carbons (Fsp3) is 0.130. The third-order valence-electron chi connectivity index (χ3n) is 4.68. The van der Waals surface area contributed by atoms with Gasteiger partial charge in [0.15, 0.2) is 0 Å². The van der Waals surface area contributed by atoms with Gasteiger partial charge in [0.05, 0.1) is 18.7 Å². The van der Waals surface area contributed by atoms with Gasteiger partial charge in [0, 0.05) is 18.8 Å². The van der Waals surface area contributed by atoms with Gasteiger partial charge in [-0.05, 0) is 40.1 Å². The Kier molecular flexibility index (Phi) is 5.06. The van der Waals surface area contributed by atoms with E-state index < -0.39 is 5.91 Å². The summed E-state index contributed by atoms with van der Waals surface area (Å²) >= 11 is 0. The Hall–Kier alpha value is -3.60. The fourth-order valence-electron chi connectivity index (χ4n) is 3.24. The first-order valence-electron chi connectivity index (χ1n) is 9.20. The van der Waals surface area contributed by atoms with Gasteiger partial charge in [-0.25, -0.2) is 0 Å². The van der Waals surface area contributed by atoms with Crippen molar-refractivity contribution in [1.29, 1.82) is 0 Å². The van der Waals surface area contributed by atoms with E-state index in [2.05, 4.69) is 35.4 Å². The molecule has 0 bridgehead atoms. The monoisotopic (exact) mass is 371 g/mol. The second kappa shape index (κ2) is 7.96. The van der Waals surface area contributed by atoms with Crippen LogP contribution in [0, 0.1) is 0 Å². The second-order valence-electron chi connectivity index (χ2n) is 6.68. The minimum absolute atomic E-state index is 0.391. The molecule has 4 aromatic rings. The SMILES string of the molecule is NC(=O)c1ccc(Cn2cccn2)cc1OCCc1ccc2ccccc2c1. The van der Waals surface area contributed by atoms with Crippen LogP contribution in [-0.2, 0) is 13.0 Å². The van der Waals surface area contributed by atoms with Crippen molar-refractivity contribution in [2.45, 2.75) is 13.0 Å². The molecule has 0 aliphatic carbocycles. The maximum Gasteiger partial charge on any atom is 0.252 e. The molecule has 0 aliphatic heterocycles. The molecule has 3 aromatic carbocycles. The van der Waals surface area contributed by atoms with Gasteiger partial charge in [-0.3, -0.25) is 9.48 Å². The number of hydrogen-bond donors (Lipinski definition) is 1. The molecule has 0 saturated heterocycles. The molecule has 0 fully saturated rings.